The molecule has 1 unspecified atom stereocenters. The van der Waals surface area contributed by atoms with Crippen LogP contribution in [0.5, 0.6) is 0 Å². The number of primary amides is 1. The molecule has 98 valence electrons. The van der Waals surface area contributed by atoms with Gasteiger partial charge in [-0.05, 0) is 37.3 Å². The van der Waals surface area contributed by atoms with Crippen molar-refractivity contribution in [1.82, 2.24) is 0 Å². The van der Waals surface area contributed by atoms with E-state index in [0.717, 1.165) is 37.5 Å². The number of carbonyl (C=O) groups excluding carboxylic acids is 1. The fourth-order valence-corrected chi connectivity index (χ4v) is 2.60. The molecule has 4 nitrogen and oxygen atoms in total. The highest BCUT2D eigenvalue weighted by atomic mass is 16.1. The first-order valence-corrected chi connectivity index (χ1v) is 6.53. The van der Waals surface area contributed by atoms with Crippen molar-refractivity contribution in [2.45, 2.75) is 26.2 Å². The smallest absolute Gasteiger partial charge is 0.250 e. The number of hydrogen-bond donors (Lipinski definition) is 2. The number of para-hydroxylation sites is 1. The largest absolute Gasteiger partial charge is 0.397 e. The van der Waals surface area contributed by atoms with Crippen LogP contribution in [0.4, 0.5) is 11.4 Å². The van der Waals surface area contributed by atoms with E-state index in [9.17, 15) is 4.79 Å². The Labute approximate surface area is 108 Å². The second kappa shape index (κ2) is 5.29. The molecule has 0 aromatic heterocycles. The van der Waals surface area contributed by atoms with Crippen LogP contribution in [0.3, 0.4) is 0 Å². The minimum absolute atomic E-state index is 0.408. The maximum absolute atomic E-state index is 11.5. The predicted molar refractivity (Wildman–Crippen MR) is 74.6 cm³/mol. The SMILES string of the molecule is CC1CCCN(c2c(N)cccc2C(N)=O)CC1. The van der Waals surface area contributed by atoms with Gasteiger partial charge in [0, 0.05) is 13.1 Å². The quantitative estimate of drug-likeness (QED) is 0.785. The first-order valence-electron chi connectivity index (χ1n) is 6.53. The summed E-state index contributed by atoms with van der Waals surface area (Å²) in [5, 5.41) is 0. The molecular weight excluding hydrogens is 226 g/mol. The molecule has 1 amide bonds. The summed E-state index contributed by atoms with van der Waals surface area (Å²) in [5.41, 5.74) is 13.5. The second-order valence-electron chi connectivity index (χ2n) is 5.13. The molecular formula is C14H21N3O. The maximum Gasteiger partial charge on any atom is 0.250 e. The molecule has 1 heterocycles. The summed E-state index contributed by atoms with van der Waals surface area (Å²) in [5.74, 6) is 0.326. The molecule has 1 saturated heterocycles. The zero-order chi connectivity index (χ0) is 13.1. The Morgan fingerprint density at radius 2 is 2.11 bits per heavy atom. The van der Waals surface area contributed by atoms with Crippen molar-refractivity contribution in [3.63, 3.8) is 0 Å². The number of nitrogens with zero attached hydrogens (tertiary/aromatic N) is 1. The summed E-state index contributed by atoms with van der Waals surface area (Å²) in [6.45, 7) is 4.15. The van der Waals surface area contributed by atoms with Crippen LogP contribution < -0.4 is 16.4 Å². The Morgan fingerprint density at radius 3 is 2.83 bits per heavy atom. The number of carbonyl (C=O) groups is 1. The molecule has 0 aliphatic carbocycles. The molecule has 0 saturated carbocycles. The fourth-order valence-electron chi connectivity index (χ4n) is 2.60. The topological polar surface area (TPSA) is 72.3 Å². The van der Waals surface area contributed by atoms with Crippen molar-refractivity contribution < 1.29 is 4.79 Å². The zero-order valence-electron chi connectivity index (χ0n) is 10.9. The van der Waals surface area contributed by atoms with Gasteiger partial charge in [0.15, 0.2) is 0 Å². The number of amides is 1. The molecule has 2 rings (SSSR count). The first-order chi connectivity index (χ1) is 8.59. The van der Waals surface area contributed by atoms with Gasteiger partial charge in [0.2, 0.25) is 0 Å². The van der Waals surface area contributed by atoms with Crippen LogP contribution in [0.1, 0.15) is 36.5 Å². The number of benzene rings is 1. The summed E-state index contributed by atoms with van der Waals surface area (Å²) < 4.78 is 0. The lowest BCUT2D eigenvalue weighted by Gasteiger charge is -2.26. The first kappa shape index (κ1) is 12.7. The van der Waals surface area contributed by atoms with E-state index in [1.165, 1.54) is 6.42 Å². The predicted octanol–water partition coefficient (Wildman–Crippen LogP) is 1.99. The van der Waals surface area contributed by atoms with Gasteiger partial charge < -0.3 is 16.4 Å². The monoisotopic (exact) mass is 247 g/mol. The van der Waals surface area contributed by atoms with E-state index >= 15 is 0 Å². The summed E-state index contributed by atoms with van der Waals surface area (Å²) in [6, 6.07) is 5.36. The van der Waals surface area contributed by atoms with Gasteiger partial charge in [0.1, 0.15) is 0 Å². The molecule has 0 bridgehead atoms. The molecule has 0 radical (unpaired) electrons. The fraction of sp³-hybridized carbons (Fsp3) is 0.500. The Hall–Kier alpha value is -1.71. The van der Waals surface area contributed by atoms with E-state index in [1.54, 1.807) is 12.1 Å². The Kier molecular flexibility index (Phi) is 3.75. The van der Waals surface area contributed by atoms with E-state index in [-0.39, 0.29) is 0 Å². The molecule has 4 N–H and O–H groups in total. The molecule has 1 aromatic rings. The van der Waals surface area contributed by atoms with Crippen molar-refractivity contribution in [3.05, 3.63) is 23.8 Å². The molecule has 1 atom stereocenters. The summed E-state index contributed by atoms with van der Waals surface area (Å²) in [4.78, 5) is 13.7. The summed E-state index contributed by atoms with van der Waals surface area (Å²) in [7, 11) is 0. The lowest BCUT2D eigenvalue weighted by molar-refractivity contribution is 0.100. The minimum atomic E-state index is -0.408. The third-order valence-electron chi connectivity index (χ3n) is 3.67. The molecule has 0 spiro atoms. The Bertz CT molecular complexity index is 445. The number of nitrogens with two attached hydrogens (primary N) is 2. The lowest BCUT2D eigenvalue weighted by Crippen LogP contribution is -2.28. The van der Waals surface area contributed by atoms with Gasteiger partial charge in [-0.2, -0.15) is 0 Å². The molecule has 18 heavy (non-hydrogen) atoms. The van der Waals surface area contributed by atoms with E-state index < -0.39 is 5.91 Å². The van der Waals surface area contributed by atoms with Crippen LogP contribution in [0.2, 0.25) is 0 Å². The van der Waals surface area contributed by atoms with Crippen LogP contribution in [-0.4, -0.2) is 19.0 Å². The number of rotatable bonds is 2. The molecule has 4 heteroatoms. The van der Waals surface area contributed by atoms with Crippen molar-refractivity contribution in [3.8, 4) is 0 Å². The minimum Gasteiger partial charge on any atom is -0.397 e. The molecule has 1 fully saturated rings. The summed E-state index contributed by atoms with van der Waals surface area (Å²) in [6.07, 6.45) is 3.50. The molecule has 1 aliphatic rings. The number of hydrogen-bond acceptors (Lipinski definition) is 3. The Balaban J connectivity index is 2.34. The van der Waals surface area contributed by atoms with Crippen LogP contribution in [0.25, 0.3) is 0 Å². The van der Waals surface area contributed by atoms with E-state index in [2.05, 4.69) is 11.8 Å². The highest BCUT2D eigenvalue weighted by Gasteiger charge is 2.20. The van der Waals surface area contributed by atoms with Gasteiger partial charge in [0.25, 0.3) is 5.91 Å². The van der Waals surface area contributed by atoms with Gasteiger partial charge in [0.05, 0.1) is 16.9 Å². The Morgan fingerprint density at radius 1 is 1.33 bits per heavy atom. The highest BCUT2D eigenvalue weighted by molar-refractivity contribution is 6.01. The van der Waals surface area contributed by atoms with Crippen LogP contribution in [-0.2, 0) is 0 Å². The standard InChI is InChI=1S/C14H21N3O/c1-10-4-3-8-17(9-7-10)13-11(14(16)18)5-2-6-12(13)15/h2,5-6,10H,3-4,7-9,15H2,1H3,(H2,16,18). The third kappa shape index (κ3) is 2.58. The van der Waals surface area contributed by atoms with Crippen LogP contribution in [0.15, 0.2) is 18.2 Å². The van der Waals surface area contributed by atoms with Crippen molar-refractivity contribution in [1.29, 1.82) is 0 Å². The van der Waals surface area contributed by atoms with Crippen molar-refractivity contribution >= 4 is 17.3 Å². The second-order valence-corrected chi connectivity index (χ2v) is 5.13. The van der Waals surface area contributed by atoms with Gasteiger partial charge in [-0.15, -0.1) is 0 Å². The van der Waals surface area contributed by atoms with Gasteiger partial charge in [-0.1, -0.05) is 13.0 Å². The normalized spacial score (nSPS) is 20.5. The number of anilines is 2. The van der Waals surface area contributed by atoms with E-state index in [1.807, 2.05) is 6.07 Å². The van der Waals surface area contributed by atoms with Gasteiger partial charge in [-0.3, -0.25) is 4.79 Å². The van der Waals surface area contributed by atoms with Gasteiger partial charge in [-0.25, -0.2) is 0 Å². The third-order valence-corrected chi connectivity index (χ3v) is 3.67. The van der Waals surface area contributed by atoms with E-state index in [4.69, 9.17) is 11.5 Å². The van der Waals surface area contributed by atoms with Crippen LogP contribution >= 0.6 is 0 Å². The van der Waals surface area contributed by atoms with Crippen molar-refractivity contribution in [2.75, 3.05) is 23.7 Å². The van der Waals surface area contributed by atoms with Gasteiger partial charge >= 0.3 is 0 Å². The maximum atomic E-state index is 11.5. The molecule has 1 aliphatic heterocycles. The van der Waals surface area contributed by atoms with E-state index in [0.29, 0.717) is 11.3 Å². The zero-order valence-corrected chi connectivity index (χ0v) is 10.9. The average Bonchev–Trinajstić information content (AvgIpc) is 2.53. The number of nitrogen functional groups attached to an aromatic ring is 1. The van der Waals surface area contributed by atoms with Crippen LogP contribution in [0, 0.1) is 5.92 Å². The molecule has 1 aromatic carbocycles. The average molecular weight is 247 g/mol. The van der Waals surface area contributed by atoms with Crippen molar-refractivity contribution in [2.24, 2.45) is 11.7 Å². The summed E-state index contributed by atoms with van der Waals surface area (Å²) >= 11 is 0. The highest BCUT2D eigenvalue weighted by Crippen LogP contribution is 2.30. The lowest BCUT2D eigenvalue weighted by atomic mass is 10.0.